The van der Waals surface area contributed by atoms with Crippen LogP contribution in [0, 0.1) is 5.92 Å². The van der Waals surface area contributed by atoms with Crippen LogP contribution in [0.2, 0.25) is 0 Å². The third-order valence-electron chi connectivity index (χ3n) is 3.36. The van der Waals surface area contributed by atoms with Crippen LogP contribution in [-0.4, -0.2) is 26.8 Å². The normalized spacial score (nSPS) is 15.4. The first-order chi connectivity index (χ1) is 9.38. The van der Waals surface area contributed by atoms with E-state index < -0.39 is 11.7 Å². The van der Waals surface area contributed by atoms with Gasteiger partial charge in [0.2, 0.25) is 0 Å². The smallest absolute Gasteiger partial charge is 0.399 e. The molecule has 0 saturated heterocycles. The number of halogens is 3. The molecule has 20 heavy (non-hydrogen) atoms. The standard InChI is InChI=1S/C14H19F3N2O/c1-19(6-7-20-9-10-2-3-10)13-5-4-11(18)8-12(13)14(15,16)17/h4-5,8,10H,2-3,6-7,9,18H2,1H3. The molecule has 0 atom stereocenters. The Labute approximate surface area is 116 Å². The second kappa shape index (κ2) is 5.91. The number of hydrogen-bond donors (Lipinski definition) is 1. The molecule has 0 amide bonds. The first-order valence-corrected chi connectivity index (χ1v) is 6.63. The van der Waals surface area contributed by atoms with Crippen LogP contribution in [0.4, 0.5) is 24.5 Å². The quantitative estimate of drug-likeness (QED) is 0.645. The van der Waals surface area contributed by atoms with Gasteiger partial charge in [0.25, 0.3) is 0 Å². The number of anilines is 2. The summed E-state index contributed by atoms with van der Waals surface area (Å²) in [7, 11) is 1.63. The van der Waals surface area contributed by atoms with E-state index >= 15 is 0 Å². The molecule has 0 aliphatic heterocycles. The van der Waals surface area contributed by atoms with Crippen LogP contribution >= 0.6 is 0 Å². The van der Waals surface area contributed by atoms with Gasteiger partial charge in [0.1, 0.15) is 0 Å². The highest BCUT2D eigenvalue weighted by Gasteiger charge is 2.34. The molecule has 2 rings (SSSR count). The van der Waals surface area contributed by atoms with Crippen molar-refractivity contribution in [2.75, 3.05) is 37.4 Å². The predicted octanol–water partition coefficient (Wildman–Crippen LogP) is 3.15. The van der Waals surface area contributed by atoms with Gasteiger partial charge >= 0.3 is 6.18 Å². The maximum atomic E-state index is 13.0. The summed E-state index contributed by atoms with van der Waals surface area (Å²) in [5, 5.41) is 0. The average Bonchev–Trinajstić information content (AvgIpc) is 3.17. The SMILES string of the molecule is CN(CCOCC1CC1)c1ccc(N)cc1C(F)(F)F. The molecule has 3 nitrogen and oxygen atoms in total. The van der Waals surface area contributed by atoms with Crippen molar-refractivity contribution >= 4 is 11.4 Å². The van der Waals surface area contributed by atoms with E-state index in [9.17, 15) is 13.2 Å². The Bertz CT molecular complexity index is 458. The molecule has 1 aliphatic carbocycles. The number of nitrogens with zero attached hydrogens (tertiary/aromatic N) is 1. The monoisotopic (exact) mass is 288 g/mol. The van der Waals surface area contributed by atoms with Crippen LogP contribution in [0.3, 0.4) is 0 Å². The van der Waals surface area contributed by atoms with Gasteiger partial charge < -0.3 is 15.4 Å². The molecule has 112 valence electrons. The lowest BCUT2D eigenvalue weighted by Crippen LogP contribution is -2.25. The largest absolute Gasteiger partial charge is 0.418 e. The molecular weight excluding hydrogens is 269 g/mol. The summed E-state index contributed by atoms with van der Waals surface area (Å²) < 4.78 is 44.4. The number of nitrogen functional groups attached to an aromatic ring is 1. The first kappa shape index (κ1) is 15.0. The fraction of sp³-hybridized carbons (Fsp3) is 0.571. The minimum absolute atomic E-state index is 0.111. The summed E-state index contributed by atoms with van der Waals surface area (Å²) in [4.78, 5) is 1.55. The lowest BCUT2D eigenvalue weighted by molar-refractivity contribution is -0.137. The van der Waals surface area contributed by atoms with Crippen molar-refractivity contribution in [3.63, 3.8) is 0 Å². The molecule has 0 aromatic heterocycles. The highest BCUT2D eigenvalue weighted by Crippen LogP contribution is 2.37. The zero-order valence-corrected chi connectivity index (χ0v) is 11.4. The van der Waals surface area contributed by atoms with Gasteiger partial charge in [0.05, 0.1) is 12.2 Å². The summed E-state index contributed by atoms with van der Waals surface area (Å²) in [6.07, 6.45) is -2.01. The zero-order chi connectivity index (χ0) is 14.8. The van der Waals surface area contributed by atoms with E-state index in [1.54, 1.807) is 11.9 Å². The Morgan fingerprint density at radius 1 is 1.35 bits per heavy atom. The van der Waals surface area contributed by atoms with Crippen LogP contribution in [0.1, 0.15) is 18.4 Å². The molecule has 0 unspecified atom stereocenters. The third kappa shape index (κ3) is 4.03. The van der Waals surface area contributed by atoms with E-state index in [-0.39, 0.29) is 11.4 Å². The Hall–Kier alpha value is -1.43. The van der Waals surface area contributed by atoms with Crippen molar-refractivity contribution in [1.82, 2.24) is 0 Å². The highest BCUT2D eigenvalue weighted by molar-refractivity contribution is 5.60. The molecule has 1 aliphatic rings. The Morgan fingerprint density at radius 3 is 2.65 bits per heavy atom. The van der Waals surface area contributed by atoms with Gasteiger partial charge in [-0.1, -0.05) is 0 Å². The molecule has 0 radical (unpaired) electrons. The number of benzene rings is 1. The third-order valence-corrected chi connectivity index (χ3v) is 3.36. The lowest BCUT2D eigenvalue weighted by Gasteiger charge is -2.23. The maximum absolute atomic E-state index is 13.0. The van der Waals surface area contributed by atoms with Gasteiger partial charge in [-0.25, -0.2) is 0 Å². The Morgan fingerprint density at radius 2 is 2.05 bits per heavy atom. The van der Waals surface area contributed by atoms with Gasteiger partial charge in [-0.05, 0) is 37.0 Å². The molecule has 6 heteroatoms. The maximum Gasteiger partial charge on any atom is 0.418 e. The summed E-state index contributed by atoms with van der Waals surface area (Å²) in [5.41, 5.74) is 4.97. The van der Waals surface area contributed by atoms with Gasteiger partial charge in [0.15, 0.2) is 0 Å². The average molecular weight is 288 g/mol. The van der Waals surface area contributed by atoms with E-state index in [0.29, 0.717) is 25.7 Å². The van der Waals surface area contributed by atoms with E-state index in [4.69, 9.17) is 10.5 Å². The van der Waals surface area contributed by atoms with Crippen molar-refractivity contribution in [3.05, 3.63) is 23.8 Å². The first-order valence-electron chi connectivity index (χ1n) is 6.63. The summed E-state index contributed by atoms with van der Waals surface area (Å²) >= 11 is 0. The van der Waals surface area contributed by atoms with E-state index in [1.807, 2.05) is 0 Å². The Balaban J connectivity index is 1.98. The van der Waals surface area contributed by atoms with Crippen molar-refractivity contribution in [2.45, 2.75) is 19.0 Å². The summed E-state index contributed by atoms with van der Waals surface area (Å²) in [5.74, 6) is 0.655. The van der Waals surface area contributed by atoms with E-state index in [1.165, 1.54) is 25.0 Å². The fourth-order valence-corrected chi connectivity index (χ4v) is 1.97. The van der Waals surface area contributed by atoms with Crippen molar-refractivity contribution in [3.8, 4) is 0 Å². The molecular formula is C14H19F3N2O. The minimum atomic E-state index is -4.41. The molecule has 0 spiro atoms. The van der Waals surface area contributed by atoms with Crippen molar-refractivity contribution in [1.29, 1.82) is 0 Å². The second-order valence-corrected chi connectivity index (χ2v) is 5.21. The predicted molar refractivity (Wildman–Crippen MR) is 72.7 cm³/mol. The van der Waals surface area contributed by atoms with Gasteiger partial charge in [-0.3, -0.25) is 0 Å². The summed E-state index contributed by atoms with van der Waals surface area (Å²) in [6.45, 7) is 1.55. The van der Waals surface area contributed by atoms with Crippen molar-refractivity contribution < 1.29 is 17.9 Å². The van der Waals surface area contributed by atoms with Crippen molar-refractivity contribution in [2.24, 2.45) is 5.92 Å². The van der Waals surface area contributed by atoms with Crippen LogP contribution < -0.4 is 10.6 Å². The van der Waals surface area contributed by atoms with Crippen LogP contribution in [0.15, 0.2) is 18.2 Å². The van der Waals surface area contributed by atoms with Crippen LogP contribution in [-0.2, 0) is 10.9 Å². The molecule has 1 fully saturated rings. The zero-order valence-electron chi connectivity index (χ0n) is 11.4. The highest BCUT2D eigenvalue weighted by atomic mass is 19.4. The molecule has 1 aromatic carbocycles. The van der Waals surface area contributed by atoms with Gasteiger partial charge in [0, 0.05) is 31.6 Å². The molecule has 0 heterocycles. The second-order valence-electron chi connectivity index (χ2n) is 5.21. The molecule has 0 bridgehead atoms. The van der Waals surface area contributed by atoms with E-state index in [2.05, 4.69) is 0 Å². The fourth-order valence-electron chi connectivity index (χ4n) is 1.97. The molecule has 2 N–H and O–H groups in total. The number of alkyl halides is 3. The number of ether oxygens (including phenoxy) is 1. The van der Waals surface area contributed by atoms with Crippen LogP contribution in [0.25, 0.3) is 0 Å². The molecule has 1 aromatic rings. The number of nitrogens with two attached hydrogens (primary N) is 1. The lowest BCUT2D eigenvalue weighted by atomic mass is 10.1. The summed E-state index contributed by atoms with van der Waals surface area (Å²) in [6, 6.07) is 3.85. The minimum Gasteiger partial charge on any atom is -0.399 e. The van der Waals surface area contributed by atoms with Crippen LogP contribution in [0.5, 0.6) is 0 Å². The topological polar surface area (TPSA) is 38.5 Å². The van der Waals surface area contributed by atoms with Gasteiger partial charge in [-0.2, -0.15) is 13.2 Å². The number of rotatable bonds is 6. The number of hydrogen-bond acceptors (Lipinski definition) is 3. The van der Waals surface area contributed by atoms with E-state index in [0.717, 1.165) is 6.07 Å². The van der Waals surface area contributed by atoms with Gasteiger partial charge in [-0.15, -0.1) is 0 Å². The number of likely N-dealkylation sites (N-methyl/N-ethyl adjacent to an activating group) is 1. The molecule has 1 saturated carbocycles. The Kier molecular flexibility index (Phi) is 4.42.